The van der Waals surface area contributed by atoms with Crippen molar-refractivity contribution in [2.75, 3.05) is 53.3 Å². The number of amides is 2. The molecule has 0 aliphatic rings. The van der Waals surface area contributed by atoms with Gasteiger partial charge in [-0.05, 0) is 95.9 Å². The minimum Gasteiger partial charge on any atom is -0.449 e. The lowest BCUT2D eigenvalue weighted by molar-refractivity contribution is -0.384. The van der Waals surface area contributed by atoms with Crippen LogP contribution < -0.4 is 37.6 Å². The molecule has 0 saturated carbocycles. The molecule has 50 heavy (non-hydrogen) atoms. The van der Waals surface area contributed by atoms with Crippen molar-refractivity contribution in [3.05, 3.63) is 22.5 Å². The molecule has 2 rings (SSSR count). The van der Waals surface area contributed by atoms with Crippen LogP contribution in [0.25, 0.3) is 0 Å². The summed E-state index contributed by atoms with van der Waals surface area (Å²) in [5.41, 5.74) is 5.05. The van der Waals surface area contributed by atoms with Crippen LogP contribution in [0.3, 0.4) is 0 Å². The van der Waals surface area contributed by atoms with Gasteiger partial charge in [-0.15, -0.1) is 0 Å². The quantitative estimate of drug-likeness (QED) is 0.0770. The van der Waals surface area contributed by atoms with Crippen LogP contribution in [0.15, 0.2) is 12.4 Å². The first-order valence-corrected chi connectivity index (χ1v) is 16.4. The Hall–Kier alpha value is -4.90. The van der Waals surface area contributed by atoms with Gasteiger partial charge in [0.25, 0.3) is 0 Å². The second-order valence-electron chi connectivity index (χ2n) is 15.5. The zero-order valence-electron chi connectivity index (χ0n) is 31.7. The van der Waals surface area contributed by atoms with Crippen molar-refractivity contribution in [1.29, 1.82) is 0 Å². The van der Waals surface area contributed by atoms with Crippen LogP contribution in [0.5, 0.6) is 0 Å². The lowest BCUT2D eigenvalue weighted by Crippen LogP contribution is -2.41. The summed E-state index contributed by atoms with van der Waals surface area (Å²) in [6, 6.07) is 0. The lowest BCUT2D eigenvalue weighted by atomic mass is 10.1. The van der Waals surface area contributed by atoms with E-state index in [1.54, 1.807) is 6.20 Å². The van der Waals surface area contributed by atoms with E-state index in [0.29, 0.717) is 55.9 Å². The highest BCUT2D eigenvalue weighted by atomic mass is 16.6. The maximum absolute atomic E-state index is 11.5. The standard InChI is InChI=1S/C16H28N6O4.C16H30N6O2/c1-15(2,3)20-13-18-10-11(22(24)25)12(19-13)17-8-7-9-26-14(23)21-16(4,5)6;1-15(2,3)21-13-19-10-11(17)12(20-13)18-8-7-9-24-14(23)22-16(4,5)6/h10H,7-9H2,1-6H3,(H,21,23)(H2,17,18,19,20);10H,7-9,17H2,1-6H3,(H,22,23)(H2,18,19,20,21). The van der Waals surface area contributed by atoms with Crippen LogP contribution in [-0.2, 0) is 9.47 Å². The van der Waals surface area contributed by atoms with Crippen LogP contribution in [0.1, 0.15) is 95.9 Å². The van der Waals surface area contributed by atoms with E-state index in [-0.39, 0.29) is 40.3 Å². The Kier molecular flexibility index (Phi) is 16.2. The summed E-state index contributed by atoms with van der Waals surface area (Å²) >= 11 is 0. The molecule has 0 aliphatic carbocycles. The van der Waals surface area contributed by atoms with Crippen molar-refractivity contribution in [3.8, 4) is 0 Å². The summed E-state index contributed by atoms with van der Waals surface area (Å²) in [5.74, 6) is 1.50. The predicted molar refractivity (Wildman–Crippen MR) is 197 cm³/mol. The van der Waals surface area contributed by atoms with Gasteiger partial charge in [0.05, 0.1) is 30.0 Å². The SMILES string of the molecule is CC(C)(C)NC(=O)OCCCNc1nc(NC(C)(C)C)ncc1N.CC(C)(C)NC(=O)OCCCNc1nc(NC(C)(C)C)ncc1[N+](=O)[O-]. The first-order chi connectivity index (χ1) is 22.8. The molecule has 2 aromatic rings. The van der Waals surface area contributed by atoms with E-state index in [9.17, 15) is 19.7 Å². The van der Waals surface area contributed by atoms with Gasteiger partial charge in [0.2, 0.25) is 17.7 Å². The van der Waals surface area contributed by atoms with Crippen LogP contribution in [0, 0.1) is 10.1 Å². The molecule has 0 radical (unpaired) electrons. The monoisotopic (exact) mass is 706 g/mol. The fourth-order valence-corrected chi connectivity index (χ4v) is 3.54. The van der Waals surface area contributed by atoms with Gasteiger partial charge in [-0.3, -0.25) is 10.1 Å². The number of nitrogens with one attached hydrogen (secondary N) is 6. The summed E-state index contributed by atoms with van der Waals surface area (Å²) in [4.78, 5) is 50.3. The van der Waals surface area contributed by atoms with Crippen molar-refractivity contribution in [2.24, 2.45) is 0 Å². The number of nitro groups is 1. The third kappa shape index (κ3) is 20.5. The Labute approximate surface area is 295 Å². The molecule has 8 N–H and O–H groups in total. The molecule has 282 valence electrons. The van der Waals surface area contributed by atoms with E-state index >= 15 is 0 Å². The van der Waals surface area contributed by atoms with Crippen molar-refractivity contribution < 1.29 is 24.0 Å². The van der Waals surface area contributed by atoms with E-state index in [1.165, 1.54) is 0 Å². The number of aromatic nitrogens is 4. The minimum atomic E-state index is -0.545. The average molecular weight is 707 g/mol. The number of hydrogen-bond acceptors (Lipinski definition) is 15. The summed E-state index contributed by atoms with van der Waals surface area (Å²) < 4.78 is 10.2. The number of alkyl carbamates (subject to hydrolysis) is 2. The van der Waals surface area contributed by atoms with Gasteiger partial charge in [-0.2, -0.15) is 9.97 Å². The first-order valence-electron chi connectivity index (χ1n) is 16.4. The number of nitrogens with zero attached hydrogens (tertiary/aromatic N) is 5. The summed E-state index contributed by atoms with van der Waals surface area (Å²) in [5, 5.41) is 28.8. The molecule has 0 aliphatic heterocycles. The van der Waals surface area contributed by atoms with Gasteiger partial charge in [0.15, 0.2) is 5.82 Å². The van der Waals surface area contributed by atoms with Crippen LogP contribution >= 0.6 is 0 Å². The van der Waals surface area contributed by atoms with E-state index in [2.05, 4.69) is 51.8 Å². The molecule has 0 bridgehead atoms. The second-order valence-corrected chi connectivity index (χ2v) is 15.5. The molecule has 0 spiro atoms. The van der Waals surface area contributed by atoms with E-state index in [1.807, 2.05) is 83.1 Å². The summed E-state index contributed by atoms with van der Waals surface area (Å²) in [7, 11) is 0. The van der Waals surface area contributed by atoms with Crippen LogP contribution in [0.2, 0.25) is 0 Å². The number of carbonyl (C=O) groups excluding carboxylic acids is 2. The predicted octanol–water partition coefficient (Wildman–Crippen LogP) is 5.52. The molecule has 0 aromatic carbocycles. The maximum Gasteiger partial charge on any atom is 0.407 e. The zero-order valence-corrected chi connectivity index (χ0v) is 31.7. The van der Waals surface area contributed by atoms with Crippen LogP contribution in [-0.4, -0.2) is 85.5 Å². The summed E-state index contributed by atoms with van der Waals surface area (Å²) in [6.45, 7) is 24.6. The topological polar surface area (TPSA) is 246 Å². The van der Waals surface area contributed by atoms with Crippen molar-refractivity contribution in [2.45, 2.75) is 118 Å². The number of nitrogens with two attached hydrogens (primary N) is 1. The molecule has 2 heterocycles. The molecule has 0 unspecified atom stereocenters. The Morgan fingerprint density at radius 1 is 0.700 bits per heavy atom. The number of ether oxygens (including phenoxy) is 2. The van der Waals surface area contributed by atoms with E-state index in [0.717, 1.165) is 6.20 Å². The molecular weight excluding hydrogens is 648 g/mol. The Morgan fingerprint density at radius 3 is 1.50 bits per heavy atom. The first kappa shape index (κ1) is 43.1. The molecule has 2 amide bonds. The van der Waals surface area contributed by atoms with Crippen LogP contribution in [0.4, 0.5) is 44.5 Å². The van der Waals surface area contributed by atoms with Gasteiger partial charge < -0.3 is 47.1 Å². The molecule has 18 heteroatoms. The third-order valence-corrected chi connectivity index (χ3v) is 5.40. The van der Waals surface area contributed by atoms with Gasteiger partial charge >= 0.3 is 17.9 Å². The molecular formula is C32H58N12O6. The lowest BCUT2D eigenvalue weighted by Gasteiger charge is -2.21. The largest absolute Gasteiger partial charge is 0.449 e. The number of rotatable bonds is 13. The summed E-state index contributed by atoms with van der Waals surface area (Å²) in [6.07, 6.45) is 2.93. The smallest absolute Gasteiger partial charge is 0.407 e. The maximum atomic E-state index is 11.5. The molecule has 0 saturated heterocycles. The zero-order chi connectivity index (χ0) is 38.3. The van der Waals surface area contributed by atoms with Crippen molar-refractivity contribution >= 4 is 47.1 Å². The van der Waals surface area contributed by atoms with E-state index in [4.69, 9.17) is 15.2 Å². The van der Waals surface area contributed by atoms with Gasteiger partial charge in [-0.1, -0.05) is 0 Å². The highest BCUT2D eigenvalue weighted by molar-refractivity contribution is 5.68. The highest BCUT2D eigenvalue weighted by Crippen LogP contribution is 2.23. The number of carbonyl (C=O) groups is 2. The highest BCUT2D eigenvalue weighted by Gasteiger charge is 2.20. The van der Waals surface area contributed by atoms with Gasteiger partial charge in [0.1, 0.15) is 6.20 Å². The second kappa shape index (κ2) is 18.7. The molecule has 0 atom stereocenters. The van der Waals surface area contributed by atoms with Gasteiger partial charge in [0, 0.05) is 35.2 Å². The Morgan fingerprint density at radius 2 is 1.10 bits per heavy atom. The number of anilines is 5. The number of hydrogen-bond donors (Lipinski definition) is 7. The fraction of sp³-hybridized carbons (Fsp3) is 0.688. The fourth-order valence-electron chi connectivity index (χ4n) is 3.54. The third-order valence-electron chi connectivity index (χ3n) is 5.40. The molecule has 2 aromatic heterocycles. The van der Waals surface area contributed by atoms with E-state index < -0.39 is 17.1 Å². The van der Waals surface area contributed by atoms with Crippen molar-refractivity contribution in [3.63, 3.8) is 0 Å². The normalized spacial score (nSPS) is 11.7. The Balaban J connectivity index is 0.000000502. The van der Waals surface area contributed by atoms with Crippen molar-refractivity contribution in [1.82, 2.24) is 30.6 Å². The number of nitrogen functional groups attached to an aromatic ring is 1. The molecule has 0 fully saturated rings. The Bertz CT molecular complexity index is 1400. The van der Waals surface area contributed by atoms with Gasteiger partial charge in [-0.25, -0.2) is 19.6 Å². The average Bonchev–Trinajstić information content (AvgIpc) is 2.91. The molecule has 18 nitrogen and oxygen atoms in total. The minimum absolute atomic E-state index is 0.121.